The lowest BCUT2D eigenvalue weighted by atomic mass is 10.2. The average molecular weight is 456 g/mol. The van der Waals surface area contributed by atoms with E-state index in [0.717, 1.165) is 14.2 Å². The number of hydrogen-bond donors (Lipinski definition) is 0. The Morgan fingerprint density at radius 1 is 0.750 bits per heavy atom. The van der Waals surface area contributed by atoms with Gasteiger partial charge in [0.2, 0.25) is 5.00 Å². The van der Waals surface area contributed by atoms with Crippen LogP contribution in [0.15, 0.2) is 36.4 Å². The molecule has 28 heavy (non-hydrogen) atoms. The van der Waals surface area contributed by atoms with Gasteiger partial charge in [-0.05, 0) is 53.0 Å². The number of thiophene rings is 3. The zero-order valence-electron chi connectivity index (χ0n) is 17.1. The lowest BCUT2D eigenvalue weighted by Crippen LogP contribution is -1.77. The average Bonchev–Trinajstić information content (AvgIpc) is 3.36. The van der Waals surface area contributed by atoms with Crippen molar-refractivity contribution in [3.8, 4) is 0 Å². The second-order valence-electron chi connectivity index (χ2n) is 7.04. The minimum atomic E-state index is -0.0845. The van der Waals surface area contributed by atoms with E-state index in [1.807, 2.05) is 24.3 Å². The van der Waals surface area contributed by atoms with Crippen molar-refractivity contribution in [3.63, 3.8) is 0 Å². The molecule has 0 N–H and O–H groups in total. The lowest BCUT2D eigenvalue weighted by Gasteiger charge is -1.96. The molecule has 0 bridgehead atoms. The predicted molar refractivity (Wildman–Crippen MR) is 126 cm³/mol. The van der Waals surface area contributed by atoms with Crippen LogP contribution in [0, 0.1) is 11.7 Å². The van der Waals surface area contributed by atoms with Crippen molar-refractivity contribution < 1.29 is 4.39 Å². The van der Waals surface area contributed by atoms with Crippen LogP contribution >= 0.6 is 45.6 Å². The first kappa shape index (κ1) is 24.8. The quantitative estimate of drug-likeness (QED) is 0.346. The van der Waals surface area contributed by atoms with Crippen LogP contribution in [0.4, 0.5) is 9.39 Å². The first-order chi connectivity index (χ1) is 13.1. The van der Waals surface area contributed by atoms with Crippen molar-refractivity contribution in [2.24, 2.45) is 0 Å². The van der Waals surface area contributed by atoms with Crippen LogP contribution in [0.2, 0.25) is 4.34 Å². The highest BCUT2D eigenvalue weighted by atomic mass is 35.5. The molecule has 3 heterocycles. The summed E-state index contributed by atoms with van der Waals surface area (Å²) >= 11 is 10.2. The molecule has 0 aliphatic rings. The molecule has 0 unspecified atom stereocenters. The summed E-state index contributed by atoms with van der Waals surface area (Å²) in [6.07, 6.45) is 0. The summed E-state index contributed by atoms with van der Waals surface area (Å²) in [5, 5.41) is 0.711. The third kappa shape index (κ3) is 8.87. The Kier molecular flexibility index (Phi) is 11.0. The van der Waals surface area contributed by atoms with E-state index in [2.05, 4.69) is 52.5 Å². The summed E-state index contributed by atoms with van der Waals surface area (Å²) in [7, 11) is 0. The van der Waals surface area contributed by atoms with Crippen molar-refractivity contribution in [1.29, 1.82) is 0 Å². The maximum Gasteiger partial charge on any atom is 0.241 e. The molecule has 0 fully saturated rings. The van der Waals surface area contributed by atoms with Crippen LogP contribution in [-0.2, 0) is 0 Å². The zero-order valence-corrected chi connectivity index (χ0v) is 20.3. The normalized spacial score (nSPS) is 10.4. The molecule has 0 aromatic carbocycles. The Morgan fingerprint density at radius 2 is 1.21 bits per heavy atom. The van der Waals surface area contributed by atoms with Gasteiger partial charge in [-0.25, -0.2) is 4.85 Å². The van der Waals surface area contributed by atoms with E-state index >= 15 is 0 Å². The minimum Gasteiger partial charge on any atom is -0.227 e. The van der Waals surface area contributed by atoms with E-state index in [9.17, 15) is 4.39 Å². The number of hydrogen-bond acceptors (Lipinski definition) is 3. The fourth-order valence-corrected chi connectivity index (χ4v) is 4.58. The van der Waals surface area contributed by atoms with Crippen molar-refractivity contribution in [1.82, 2.24) is 0 Å². The Labute approximate surface area is 185 Å². The van der Waals surface area contributed by atoms with Gasteiger partial charge in [0.25, 0.3) is 0 Å². The van der Waals surface area contributed by atoms with Crippen LogP contribution in [0.3, 0.4) is 0 Å². The summed E-state index contributed by atoms with van der Waals surface area (Å²) in [6, 6.07) is 11.3. The van der Waals surface area contributed by atoms with Gasteiger partial charge in [-0.15, -0.1) is 22.7 Å². The van der Waals surface area contributed by atoms with Gasteiger partial charge in [0.1, 0.15) is 0 Å². The number of nitrogens with zero attached hydrogens (tertiary/aromatic N) is 1. The topological polar surface area (TPSA) is 4.36 Å². The van der Waals surface area contributed by atoms with E-state index < -0.39 is 0 Å². The fraction of sp³-hybridized carbons (Fsp3) is 0.409. The Bertz CT molecular complexity index is 824. The highest BCUT2D eigenvalue weighted by molar-refractivity contribution is 7.16. The maximum absolute atomic E-state index is 12.3. The Balaban J connectivity index is 0.000000210. The molecule has 3 aromatic rings. The van der Waals surface area contributed by atoms with E-state index in [-0.39, 0.29) is 5.13 Å². The monoisotopic (exact) mass is 455 g/mol. The summed E-state index contributed by atoms with van der Waals surface area (Å²) in [6.45, 7) is 19.5. The Hall–Kier alpha value is -1.19. The first-order valence-corrected chi connectivity index (χ1v) is 11.9. The van der Waals surface area contributed by atoms with E-state index in [4.69, 9.17) is 18.2 Å². The molecule has 0 aliphatic carbocycles. The smallest absolute Gasteiger partial charge is 0.227 e. The molecule has 3 rings (SSSR count). The maximum atomic E-state index is 12.3. The summed E-state index contributed by atoms with van der Waals surface area (Å²) < 4.78 is 13.2. The molecule has 0 amide bonds. The van der Waals surface area contributed by atoms with Crippen LogP contribution < -0.4 is 0 Å². The molecule has 1 nitrogen and oxygen atoms in total. The molecule has 0 saturated carbocycles. The number of rotatable bonds is 3. The van der Waals surface area contributed by atoms with Crippen LogP contribution in [0.5, 0.6) is 0 Å². The van der Waals surface area contributed by atoms with Crippen molar-refractivity contribution in [2.75, 3.05) is 0 Å². The fourth-order valence-electron chi connectivity index (χ4n) is 1.99. The highest BCUT2D eigenvalue weighted by Crippen LogP contribution is 2.30. The highest BCUT2D eigenvalue weighted by Gasteiger charge is 2.02. The molecular formula is C22H27ClFNS3. The molecule has 0 saturated heterocycles. The molecule has 0 radical (unpaired) electrons. The predicted octanol–water partition coefficient (Wildman–Crippen LogP) is 9.96. The van der Waals surface area contributed by atoms with Crippen LogP contribution in [-0.4, -0.2) is 0 Å². The lowest BCUT2D eigenvalue weighted by molar-refractivity contribution is 0.657. The molecule has 0 spiro atoms. The molecular weight excluding hydrogens is 429 g/mol. The molecule has 0 atom stereocenters. The van der Waals surface area contributed by atoms with Gasteiger partial charge >= 0.3 is 0 Å². The van der Waals surface area contributed by atoms with E-state index in [1.165, 1.54) is 27.2 Å². The largest absolute Gasteiger partial charge is 0.241 e. The molecule has 0 aliphatic heterocycles. The number of halogens is 2. The van der Waals surface area contributed by atoms with Gasteiger partial charge in [-0.2, -0.15) is 15.7 Å². The van der Waals surface area contributed by atoms with Crippen molar-refractivity contribution >= 4 is 50.6 Å². The molecule has 152 valence electrons. The van der Waals surface area contributed by atoms with Crippen LogP contribution in [0.25, 0.3) is 4.85 Å². The van der Waals surface area contributed by atoms with Gasteiger partial charge in [-0.3, -0.25) is 0 Å². The second-order valence-corrected chi connectivity index (χ2v) is 10.9. The van der Waals surface area contributed by atoms with Gasteiger partial charge in [0.05, 0.1) is 10.9 Å². The third-order valence-corrected chi connectivity index (χ3v) is 7.60. The van der Waals surface area contributed by atoms with Crippen molar-refractivity contribution in [3.05, 3.63) is 71.9 Å². The first-order valence-electron chi connectivity index (χ1n) is 9.11. The minimum absolute atomic E-state index is 0.0845. The van der Waals surface area contributed by atoms with Gasteiger partial charge in [0.15, 0.2) is 5.13 Å². The van der Waals surface area contributed by atoms with Crippen molar-refractivity contribution in [2.45, 2.75) is 59.3 Å². The third-order valence-electron chi connectivity index (χ3n) is 3.62. The molecule has 3 aromatic heterocycles. The zero-order chi connectivity index (χ0) is 21.3. The van der Waals surface area contributed by atoms with E-state index in [0.29, 0.717) is 17.8 Å². The summed E-state index contributed by atoms with van der Waals surface area (Å²) in [5.41, 5.74) is 0. The Morgan fingerprint density at radius 3 is 1.46 bits per heavy atom. The standard InChI is InChI=1S/C8H9NS.C7H9ClS.C7H9FS/c1-6(2)7-4-5-8(9-3)10-7;2*1-5(2)6-3-4-7(8)9-6/h4-6H,1-2H3;2*3-5H,1-2H3. The SMILES string of the molecule is CC(C)c1ccc(Cl)s1.CC(C)c1ccc(F)s1.[C-]#[N+]c1ccc(C(C)C)s1. The van der Waals surface area contributed by atoms with Gasteiger partial charge in [0, 0.05) is 9.75 Å². The van der Waals surface area contributed by atoms with Gasteiger partial charge < -0.3 is 0 Å². The van der Waals surface area contributed by atoms with Gasteiger partial charge in [-0.1, -0.05) is 59.2 Å². The van der Waals surface area contributed by atoms with E-state index in [1.54, 1.807) is 22.7 Å². The second kappa shape index (κ2) is 12.4. The summed E-state index contributed by atoms with van der Waals surface area (Å²) in [4.78, 5) is 7.12. The molecule has 6 heteroatoms. The van der Waals surface area contributed by atoms with Crippen LogP contribution in [0.1, 0.15) is 73.9 Å². The summed E-state index contributed by atoms with van der Waals surface area (Å²) in [5.74, 6) is 1.63.